The number of rotatable bonds is 2. The maximum Gasteiger partial charge on any atom is 0.157 e. The van der Waals surface area contributed by atoms with Crippen molar-refractivity contribution in [2.75, 3.05) is 0 Å². The molecule has 0 aliphatic heterocycles. The molecule has 0 N–H and O–H groups in total. The van der Waals surface area contributed by atoms with Crippen LogP contribution in [-0.2, 0) is 0 Å². The second kappa shape index (κ2) is 4.55. The van der Waals surface area contributed by atoms with Gasteiger partial charge in [-0.3, -0.25) is 0 Å². The summed E-state index contributed by atoms with van der Waals surface area (Å²) in [5, 5.41) is 9.49. The minimum absolute atomic E-state index is 0.695. The van der Waals surface area contributed by atoms with Crippen molar-refractivity contribution >= 4 is 11.6 Å². The third-order valence-electron chi connectivity index (χ3n) is 2.95. The van der Waals surface area contributed by atoms with E-state index in [1.54, 1.807) is 10.9 Å². The molecule has 0 radical (unpaired) electrons. The van der Waals surface area contributed by atoms with E-state index in [0.29, 0.717) is 5.02 Å². The summed E-state index contributed by atoms with van der Waals surface area (Å²) in [7, 11) is 0. The van der Waals surface area contributed by atoms with Gasteiger partial charge in [0.1, 0.15) is 0 Å². The molecule has 0 aliphatic rings. The van der Waals surface area contributed by atoms with Gasteiger partial charge in [0, 0.05) is 23.5 Å². The van der Waals surface area contributed by atoms with Crippen LogP contribution < -0.4 is 0 Å². The maximum atomic E-state index is 6.09. The molecule has 19 heavy (non-hydrogen) atoms. The molecular formula is C14H13ClN4. The zero-order chi connectivity index (χ0) is 13.4. The fourth-order valence-electron chi connectivity index (χ4n) is 2.04. The molecule has 0 saturated heterocycles. The monoisotopic (exact) mass is 272 g/mol. The highest BCUT2D eigenvalue weighted by Gasteiger charge is 2.12. The van der Waals surface area contributed by atoms with Gasteiger partial charge in [0.05, 0.1) is 11.4 Å². The highest BCUT2D eigenvalue weighted by molar-refractivity contribution is 6.30. The number of benzene rings is 1. The van der Waals surface area contributed by atoms with Crippen LogP contribution >= 0.6 is 11.6 Å². The van der Waals surface area contributed by atoms with Crippen molar-refractivity contribution in [2.24, 2.45) is 0 Å². The van der Waals surface area contributed by atoms with Crippen molar-refractivity contribution in [3.05, 3.63) is 59.0 Å². The molecule has 2 heterocycles. The Balaban J connectivity index is 2.23. The number of nitrogens with zero attached hydrogens (tertiary/aromatic N) is 4. The van der Waals surface area contributed by atoms with Crippen LogP contribution in [0.25, 0.3) is 11.5 Å². The lowest BCUT2D eigenvalue weighted by atomic mass is 10.2. The molecule has 96 valence electrons. The van der Waals surface area contributed by atoms with Crippen LogP contribution in [0.2, 0.25) is 5.02 Å². The van der Waals surface area contributed by atoms with E-state index in [-0.39, 0.29) is 0 Å². The average Bonchev–Trinajstić information content (AvgIpc) is 3.00. The quantitative estimate of drug-likeness (QED) is 0.717. The van der Waals surface area contributed by atoms with Crippen LogP contribution in [0, 0.1) is 13.8 Å². The number of aromatic nitrogens is 4. The summed E-state index contributed by atoms with van der Waals surface area (Å²) in [5.74, 6) is 0.896. The third kappa shape index (κ3) is 2.15. The van der Waals surface area contributed by atoms with E-state index >= 15 is 0 Å². The smallest absolute Gasteiger partial charge is 0.157 e. The Morgan fingerprint density at radius 3 is 2.74 bits per heavy atom. The zero-order valence-corrected chi connectivity index (χ0v) is 11.5. The molecule has 0 spiro atoms. The summed E-state index contributed by atoms with van der Waals surface area (Å²) in [6.45, 7) is 4.00. The van der Waals surface area contributed by atoms with E-state index in [4.69, 9.17) is 11.6 Å². The molecule has 0 unspecified atom stereocenters. The van der Waals surface area contributed by atoms with Crippen LogP contribution in [0.3, 0.4) is 0 Å². The van der Waals surface area contributed by atoms with Crippen LogP contribution in [0.15, 0.2) is 42.7 Å². The Morgan fingerprint density at radius 2 is 2.00 bits per heavy atom. The van der Waals surface area contributed by atoms with Crippen molar-refractivity contribution in [2.45, 2.75) is 13.8 Å². The molecule has 2 aromatic heterocycles. The van der Waals surface area contributed by atoms with Crippen molar-refractivity contribution in [3.8, 4) is 11.5 Å². The van der Waals surface area contributed by atoms with E-state index in [0.717, 1.165) is 22.8 Å². The molecule has 0 saturated carbocycles. The number of halogens is 1. The van der Waals surface area contributed by atoms with E-state index in [2.05, 4.69) is 10.2 Å². The summed E-state index contributed by atoms with van der Waals surface area (Å²) in [6, 6.07) is 9.66. The van der Waals surface area contributed by atoms with Gasteiger partial charge in [-0.2, -0.15) is 10.2 Å². The first-order valence-corrected chi connectivity index (χ1v) is 6.36. The Morgan fingerprint density at radius 1 is 1.16 bits per heavy atom. The van der Waals surface area contributed by atoms with Gasteiger partial charge in [0.25, 0.3) is 0 Å². The standard InChI is InChI=1S/C14H13ClN4/c1-10-4-5-12(15)9-13(10)19-14(8-11(2)17-19)18-7-3-6-16-18/h3-9H,1-2H3. The molecule has 3 rings (SSSR count). The van der Waals surface area contributed by atoms with Crippen molar-refractivity contribution in [3.63, 3.8) is 0 Å². The molecule has 3 aromatic rings. The highest BCUT2D eigenvalue weighted by Crippen LogP contribution is 2.22. The lowest BCUT2D eigenvalue weighted by Gasteiger charge is -2.10. The molecular weight excluding hydrogens is 260 g/mol. The lowest BCUT2D eigenvalue weighted by molar-refractivity contribution is 0.758. The minimum atomic E-state index is 0.695. The molecule has 1 aromatic carbocycles. The van der Waals surface area contributed by atoms with Gasteiger partial charge < -0.3 is 0 Å². The first-order valence-electron chi connectivity index (χ1n) is 5.98. The van der Waals surface area contributed by atoms with E-state index in [1.165, 1.54) is 0 Å². The predicted molar refractivity (Wildman–Crippen MR) is 75.2 cm³/mol. The first kappa shape index (κ1) is 12.0. The second-order valence-corrected chi connectivity index (χ2v) is 4.87. The van der Waals surface area contributed by atoms with Gasteiger partial charge in [0.15, 0.2) is 5.82 Å². The summed E-state index contributed by atoms with van der Waals surface area (Å²) < 4.78 is 3.66. The Hall–Kier alpha value is -2.07. The normalized spacial score (nSPS) is 10.9. The molecule has 5 heteroatoms. The Bertz CT molecular complexity index is 713. The van der Waals surface area contributed by atoms with E-state index in [1.807, 2.05) is 55.1 Å². The maximum absolute atomic E-state index is 6.09. The summed E-state index contributed by atoms with van der Waals surface area (Å²) in [5.41, 5.74) is 3.01. The van der Waals surface area contributed by atoms with Crippen LogP contribution in [0.4, 0.5) is 0 Å². The van der Waals surface area contributed by atoms with Crippen LogP contribution in [0.5, 0.6) is 0 Å². The number of aryl methyl sites for hydroxylation is 2. The molecule has 0 fully saturated rings. The van der Waals surface area contributed by atoms with Gasteiger partial charge in [-0.1, -0.05) is 17.7 Å². The minimum Gasteiger partial charge on any atom is -0.223 e. The Kier molecular flexibility index (Phi) is 2.87. The lowest BCUT2D eigenvalue weighted by Crippen LogP contribution is -2.07. The number of hydrogen-bond acceptors (Lipinski definition) is 2. The molecule has 0 atom stereocenters. The summed E-state index contributed by atoms with van der Waals surface area (Å²) in [4.78, 5) is 0. The highest BCUT2D eigenvalue weighted by atomic mass is 35.5. The fraction of sp³-hybridized carbons (Fsp3) is 0.143. The average molecular weight is 273 g/mol. The molecule has 0 amide bonds. The van der Waals surface area contributed by atoms with Crippen LogP contribution in [-0.4, -0.2) is 19.6 Å². The largest absolute Gasteiger partial charge is 0.223 e. The second-order valence-electron chi connectivity index (χ2n) is 4.44. The third-order valence-corrected chi connectivity index (χ3v) is 3.19. The van der Waals surface area contributed by atoms with E-state index < -0.39 is 0 Å². The Labute approximate surface area is 116 Å². The predicted octanol–water partition coefficient (Wildman–Crippen LogP) is 3.33. The van der Waals surface area contributed by atoms with Gasteiger partial charge in [-0.25, -0.2) is 9.36 Å². The molecule has 0 bridgehead atoms. The topological polar surface area (TPSA) is 35.6 Å². The SMILES string of the molecule is Cc1cc(-n2cccn2)n(-c2cc(Cl)ccc2C)n1. The van der Waals surface area contributed by atoms with Gasteiger partial charge in [-0.05, 0) is 37.6 Å². The molecule has 0 aliphatic carbocycles. The molecule has 4 nitrogen and oxygen atoms in total. The fourth-order valence-corrected chi connectivity index (χ4v) is 2.21. The van der Waals surface area contributed by atoms with Gasteiger partial charge in [0.2, 0.25) is 0 Å². The summed E-state index contributed by atoms with van der Waals surface area (Å²) in [6.07, 6.45) is 3.64. The first-order chi connectivity index (χ1) is 9.15. The van der Waals surface area contributed by atoms with Crippen LogP contribution in [0.1, 0.15) is 11.3 Å². The van der Waals surface area contributed by atoms with Gasteiger partial charge >= 0.3 is 0 Å². The van der Waals surface area contributed by atoms with Gasteiger partial charge in [-0.15, -0.1) is 0 Å². The zero-order valence-electron chi connectivity index (χ0n) is 10.7. The number of hydrogen-bond donors (Lipinski definition) is 0. The van der Waals surface area contributed by atoms with Crippen molar-refractivity contribution in [1.29, 1.82) is 0 Å². The van der Waals surface area contributed by atoms with Crippen molar-refractivity contribution in [1.82, 2.24) is 19.6 Å². The summed E-state index contributed by atoms with van der Waals surface area (Å²) >= 11 is 6.09. The van der Waals surface area contributed by atoms with Crippen molar-refractivity contribution < 1.29 is 0 Å². The van der Waals surface area contributed by atoms with E-state index in [9.17, 15) is 0 Å².